The van der Waals surface area contributed by atoms with Gasteiger partial charge in [-0.1, -0.05) is 35.5 Å². The molecule has 1 aliphatic rings. The van der Waals surface area contributed by atoms with E-state index < -0.39 is 5.97 Å². The molecule has 4 rings (SSSR count). The number of hydrogen-bond donors (Lipinski definition) is 1. The number of aliphatic carboxylic acids is 1. The Balaban J connectivity index is 1.64. The molecule has 0 spiro atoms. The highest BCUT2D eigenvalue weighted by Crippen LogP contribution is 2.33. The van der Waals surface area contributed by atoms with Crippen molar-refractivity contribution in [3.63, 3.8) is 0 Å². The number of likely N-dealkylation sites (tertiary alicyclic amines) is 1. The van der Waals surface area contributed by atoms with Gasteiger partial charge in [0, 0.05) is 17.7 Å². The molecule has 0 bridgehead atoms. The van der Waals surface area contributed by atoms with Crippen molar-refractivity contribution in [2.75, 3.05) is 6.54 Å². The van der Waals surface area contributed by atoms with Crippen molar-refractivity contribution >= 4 is 11.9 Å². The first-order chi connectivity index (χ1) is 14.0. The lowest BCUT2D eigenvalue weighted by molar-refractivity contribution is -0.136. The van der Waals surface area contributed by atoms with Crippen molar-refractivity contribution in [1.82, 2.24) is 15.0 Å². The van der Waals surface area contributed by atoms with Crippen molar-refractivity contribution in [3.8, 4) is 11.4 Å². The molecule has 1 aromatic carbocycles. The Labute approximate surface area is 167 Å². The van der Waals surface area contributed by atoms with Crippen LogP contribution in [0, 0.1) is 6.92 Å². The van der Waals surface area contributed by atoms with Gasteiger partial charge in [-0.25, -0.2) is 0 Å². The number of carbonyl (C=O) groups excluding carboxylic acids is 1. The van der Waals surface area contributed by atoms with Gasteiger partial charge in [-0.2, -0.15) is 4.98 Å². The van der Waals surface area contributed by atoms with E-state index in [1.54, 1.807) is 11.8 Å². The Hall–Kier alpha value is -3.42. The summed E-state index contributed by atoms with van der Waals surface area (Å²) < 4.78 is 10.9. The van der Waals surface area contributed by atoms with Crippen LogP contribution >= 0.6 is 0 Å². The van der Waals surface area contributed by atoms with Gasteiger partial charge in [0.15, 0.2) is 0 Å². The van der Waals surface area contributed by atoms with Gasteiger partial charge in [0.25, 0.3) is 5.91 Å². The Morgan fingerprint density at radius 3 is 2.79 bits per heavy atom. The van der Waals surface area contributed by atoms with Crippen LogP contribution in [-0.2, 0) is 11.2 Å². The van der Waals surface area contributed by atoms with Crippen LogP contribution in [0.4, 0.5) is 0 Å². The highest BCUT2D eigenvalue weighted by atomic mass is 16.5. The maximum absolute atomic E-state index is 13.3. The summed E-state index contributed by atoms with van der Waals surface area (Å²) in [6.45, 7) is 2.27. The maximum atomic E-state index is 13.3. The third-order valence-corrected chi connectivity index (χ3v) is 5.10. The van der Waals surface area contributed by atoms with E-state index in [9.17, 15) is 9.59 Å². The predicted octanol–water partition coefficient (Wildman–Crippen LogP) is 3.63. The second-order valence-corrected chi connectivity index (χ2v) is 7.12. The molecule has 150 valence electrons. The van der Waals surface area contributed by atoms with E-state index in [-0.39, 0.29) is 24.1 Å². The summed E-state index contributed by atoms with van der Waals surface area (Å²) in [5.74, 6) is -0.285. The van der Waals surface area contributed by atoms with Crippen molar-refractivity contribution in [3.05, 3.63) is 59.4 Å². The molecule has 1 fully saturated rings. The molecule has 2 aromatic heterocycles. The third kappa shape index (κ3) is 3.78. The lowest BCUT2D eigenvalue weighted by Crippen LogP contribution is -2.39. The molecule has 1 atom stereocenters. The molecule has 3 heterocycles. The number of aryl methyl sites for hydroxylation is 1. The third-order valence-electron chi connectivity index (χ3n) is 5.10. The minimum Gasteiger partial charge on any atom is -0.481 e. The van der Waals surface area contributed by atoms with Gasteiger partial charge in [0.1, 0.15) is 18.2 Å². The van der Waals surface area contributed by atoms with Crippen LogP contribution in [0.1, 0.15) is 52.9 Å². The van der Waals surface area contributed by atoms with Gasteiger partial charge in [0.05, 0.1) is 11.8 Å². The molecule has 0 saturated carbocycles. The lowest BCUT2D eigenvalue weighted by Gasteiger charge is -2.33. The molecule has 8 nitrogen and oxygen atoms in total. The first kappa shape index (κ1) is 18.9. The van der Waals surface area contributed by atoms with Crippen molar-refractivity contribution in [1.29, 1.82) is 0 Å². The topological polar surface area (TPSA) is 110 Å². The standard InChI is InChI=1S/C21H21N3O5/c1-13-12-28-16(11-17(25)26)18(13)21(27)24-10-6-5-9-15(24)20-22-19(23-29-20)14-7-3-2-4-8-14/h2-4,7-8,12,15H,5-6,9-11H2,1H3,(H,25,26). The summed E-state index contributed by atoms with van der Waals surface area (Å²) in [7, 11) is 0. The summed E-state index contributed by atoms with van der Waals surface area (Å²) in [6.07, 6.45) is 3.57. The van der Waals surface area contributed by atoms with E-state index in [0.717, 1.165) is 18.4 Å². The molecule has 29 heavy (non-hydrogen) atoms. The summed E-state index contributed by atoms with van der Waals surface area (Å²) in [5.41, 5.74) is 1.76. The Morgan fingerprint density at radius 2 is 2.03 bits per heavy atom. The van der Waals surface area contributed by atoms with Gasteiger partial charge in [0.2, 0.25) is 11.7 Å². The number of rotatable bonds is 5. The summed E-state index contributed by atoms with van der Waals surface area (Å²) in [5, 5.41) is 13.2. The lowest BCUT2D eigenvalue weighted by atomic mass is 9.99. The van der Waals surface area contributed by atoms with Gasteiger partial charge in [-0.05, 0) is 26.2 Å². The van der Waals surface area contributed by atoms with Crippen LogP contribution in [0.15, 0.2) is 45.5 Å². The molecule has 1 unspecified atom stereocenters. The molecule has 1 amide bonds. The highest BCUT2D eigenvalue weighted by molar-refractivity contribution is 5.97. The van der Waals surface area contributed by atoms with Gasteiger partial charge in [-0.15, -0.1) is 0 Å². The minimum atomic E-state index is -1.05. The molecule has 1 aliphatic heterocycles. The number of amides is 1. The normalized spacial score (nSPS) is 16.7. The molecule has 8 heteroatoms. The van der Waals surface area contributed by atoms with Crippen molar-refractivity contribution in [2.24, 2.45) is 0 Å². The predicted molar refractivity (Wildman–Crippen MR) is 102 cm³/mol. The number of carboxylic acids is 1. The van der Waals surface area contributed by atoms with Crippen molar-refractivity contribution < 1.29 is 23.6 Å². The van der Waals surface area contributed by atoms with Crippen LogP contribution in [0.5, 0.6) is 0 Å². The summed E-state index contributed by atoms with van der Waals surface area (Å²) in [6, 6.07) is 9.14. The van der Waals surface area contributed by atoms with Gasteiger partial charge < -0.3 is 18.9 Å². The first-order valence-corrected chi connectivity index (χ1v) is 9.53. The zero-order chi connectivity index (χ0) is 20.4. The average Bonchev–Trinajstić information content (AvgIpc) is 3.35. The minimum absolute atomic E-state index is 0.167. The second-order valence-electron chi connectivity index (χ2n) is 7.12. The SMILES string of the molecule is Cc1coc(CC(=O)O)c1C(=O)N1CCCCC1c1nc(-c2ccccc2)no1. The van der Waals surface area contributed by atoms with Crippen LogP contribution < -0.4 is 0 Å². The molecule has 1 N–H and O–H groups in total. The molecule has 3 aromatic rings. The number of nitrogens with zero attached hydrogens (tertiary/aromatic N) is 3. The van der Waals surface area contributed by atoms with Gasteiger partial charge in [-0.3, -0.25) is 9.59 Å². The average molecular weight is 395 g/mol. The zero-order valence-electron chi connectivity index (χ0n) is 16.0. The molecular weight excluding hydrogens is 374 g/mol. The van der Waals surface area contributed by atoms with Crippen LogP contribution in [-0.4, -0.2) is 38.6 Å². The van der Waals surface area contributed by atoms with E-state index in [0.29, 0.717) is 35.8 Å². The number of carboxylic acid groups (broad SMARTS) is 1. The first-order valence-electron chi connectivity index (χ1n) is 9.53. The van der Waals surface area contributed by atoms with E-state index in [1.165, 1.54) is 6.26 Å². The molecule has 0 radical (unpaired) electrons. The Morgan fingerprint density at radius 1 is 1.24 bits per heavy atom. The van der Waals surface area contributed by atoms with E-state index in [1.807, 2.05) is 30.3 Å². The molecular formula is C21H21N3O5. The number of hydrogen-bond acceptors (Lipinski definition) is 6. The zero-order valence-corrected chi connectivity index (χ0v) is 16.0. The number of benzene rings is 1. The van der Waals surface area contributed by atoms with Crippen LogP contribution in [0.25, 0.3) is 11.4 Å². The second kappa shape index (κ2) is 7.90. The Bertz CT molecular complexity index is 1020. The fourth-order valence-corrected chi connectivity index (χ4v) is 3.70. The number of furan rings is 1. The van der Waals surface area contributed by atoms with E-state index >= 15 is 0 Å². The Kier molecular flexibility index (Phi) is 5.16. The summed E-state index contributed by atoms with van der Waals surface area (Å²) >= 11 is 0. The monoisotopic (exact) mass is 395 g/mol. The van der Waals surface area contributed by atoms with Crippen LogP contribution in [0.2, 0.25) is 0 Å². The smallest absolute Gasteiger partial charge is 0.311 e. The van der Waals surface area contributed by atoms with Crippen molar-refractivity contribution in [2.45, 2.75) is 38.6 Å². The van der Waals surface area contributed by atoms with E-state index in [4.69, 9.17) is 14.0 Å². The largest absolute Gasteiger partial charge is 0.481 e. The fourth-order valence-electron chi connectivity index (χ4n) is 3.70. The van der Waals surface area contributed by atoms with E-state index in [2.05, 4.69) is 10.1 Å². The quantitative estimate of drug-likeness (QED) is 0.702. The number of carbonyl (C=O) groups is 2. The number of piperidine rings is 1. The fraction of sp³-hybridized carbons (Fsp3) is 0.333. The maximum Gasteiger partial charge on any atom is 0.311 e. The summed E-state index contributed by atoms with van der Waals surface area (Å²) in [4.78, 5) is 30.7. The van der Waals surface area contributed by atoms with Gasteiger partial charge >= 0.3 is 5.97 Å². The van der Waals surface area contributed by atoms with Crippen LogP contribution in [0.3, 0.4) is 0 Å². The number of aromatic nitrogens is 2. The molecule has 1 saturated heterocycles. The molecule has 0 aliphatic carbocycles. The highest BCUT2D eigenvalue weighted by Gasteiger charge is 2.35.